The smallest absolute Gasteiger partial charge is 0.311 e. The van der Waals surface area contributed by atoms with Crippen LogP contribution in [0.5, 0.6) is 0 Å². The molecule has 0 bridgehead atoms. The van der Waals surface area contributed by atoms with Crippen LogP contribution in [-0.2, 0) is 34.3 Å². The molecule has 2 atom stereocenters. The Kier molecular flexibility index (Phi) is 9.05. The molecule has 0 aliphatic carbocycles. The zero-order valence-corrected chi connectivity index (χ0v) is 23.3. The van der Waals surface area contributed by atoms with E-state index in [9.17, 15) is 14.7 Å². The second-order valence-corrected chi connectivity index (χ2v) is 11.2. The minimum absolute atomic E-state index is 0.0114. The van der Waals surface area contributed by atoms with Crippen molar-refractivity contribution in [2.45, 2.75) is 66.0 Å². The molecule has 0 saturated carbocycles. The van der Waals surface area contributed by atoms with Crippen molar-refractivity contribution in [1.29, 1.82) is 0 Å². The van der Waals surface area contributed by atoms with E-state index in [0.717, 1.165) is 60.6 Å². The molecule has 8 nitrogen and oxygen atoms in total. The second kappa shape index (κ2) is 12.3. The van der Waals surface area contributed by atoms with Gasteiger partial charge in [-0.2, -0.15) is 0 Å². The van der Waals surface area contributed by atoms with Gasteiger partial charge in [0.2, 0.25) is 0 Å². The van der Waals surface area contributed by atoms with Crippen LogP contribution in [0.15, 0.2) is 35.3 Å². The molecule has 0 spiro atoms. The van der Waals surface area contributed by atoms with E-state index in [1.807, 2.05) is 33.0 Å². The first kappa shape index (κ1) is 28.0. The fourth-order valence-electron chi connectivity index (χ4n) is 5.16. The summed E-state index contributed by atoms with van der Waals surface area (Å²) in [5, 5.41) is 10.2. The van der Waals surface area contributed by atoms with Gasteiger partial charge in [0.05, 0.1) is 29.7 Å². The van der Waals surface area contributed by atoms with Crippen LogP contribution in [0.4, 0.5) is 0 Å². The van der Waals surface area contributed by atoms with Gasteiger partial charge in [-0.05, 0) is 75.1 Å². The number of esters is 1. The molecule has 2 aromatic heterocycles. The number of aliphatic hydroxyl groups excluding tert-OH is 1. The Morgan fingerprint density at radius 1 is 1.21 bits per heavy atom. The second-order valence-electron chi connectivity index (χ2n) is 11.2. The Hall–Kier alpha value is -2.97. The monoisotopic (exact) mass is 523 g/mol. The molecule has 4 rings (SSSR count). The number of aromatic nitrogens is 3. The molecule has 1 fully saturated rings. The van der Waals surface area contributed by atoms with Crippen LogP contribution in [0.25, 0.3) is 22.4 Å². The van der Waals surface area contributed by atoms with Gasteiger partial charge in [-0.25, -0.2) is 4.98 Å². The summed E-state index contributed by atoms with van der Waals surface area (Å²) in [5.74, 6) is 0.679. The number of ether oxygens (including phenoxy) is 2. The quantitative estimate of drug-likeness (QED) is 0.399. The van der Waals surface area contributed by atoms with Crippen LogP contribution >= 0.6 is 0 Å². The Morgan fingerprint density at radius 3 is 2.61 bits per heavy atom. The minimum atomic E-state index is -0.781. The third kappa shape index (κ3) is 6.53. The number of hydrogen-bond donors (Lipinski definition) is 1. The van der Waals surface area contributed by atoms with Gasteiger partial charge in [-0.3, -0.25) is 9.59 Å². The van der Waals surface area contributed by atoms with E-state index in [1.165, 1.54) is 0 Å². The van der Waals surface area contributed by atoms with Crippen molar-refractivity contribution in [3.8, 4) is 11.4 Å². The number of rotatable bonds is 10. The predicted molar refractivity (Wildman–Crippen MR) is 148 cm³/mol. The number of benzene rings is 1. The first-order valence-corrected chi connectivity index (χ1v) is 13.7. The summed E-state index contributed by atoms with van der Waals surface area (Å²) >= 11 is 0. The van der Waals surface area contributed by atoms with E-state index < -0.39 is 12.0 Å². The largest absolute Gasteiger partial charge is 0.465 e. The lowest BCUT2D eigenvalue weighted by Gasteiger charge is -2.23. The molecule has 3 heterocycles. The molecule has 1 aromatic carbocycles. The van der Waals surface area contributed by atoms with Crippen molar-refractivity contribution in [3.05, 3.63) is 51.9 Å². The fraction of sp³-hybridized carbons (Fsp3) is 0.567. The Balaban J connectivity index is 1.64. The average molecular weight is 524 g/mol. The number of hydrogen-bond acceptors (Lipinski definition) is 6. The van der Waals surface area contributed by atoms with Crippen LogP contribution in [0, 0.1) is 24.7 Å². The van der Waals surface area contributed by atoms with E-state index in [1.54, 1.807) is 18.5 Å². The van der Waals surface area contributed by atoms with Crippen LogP contribution in [0.3, 0.4) is 0 Å². The van der Waals surface area contributed by atoms with Gasteiger partial charge in [0.25, 0.3) is 5.56 Å². The highest BCUT2D eigenvalue weighted by Gasteiger charge is 2.26. The van der Waals surface area contributed by atoms with Gasteiger partial charge in [-0.15, -0.1) is 0 Å². The van der Waals surface area contributed by atoms with Crippen molar-refractivity contribution in [2.75, 3.05) is 19.8 Å². The number of carbonyl (C=O) groups excluding carboxylic acids is 1. The molecule has 0 amide bonds. The third-order valence-corrected chi connectivity index (χ3v) is 7.40. The number of imidazole rings is 1. The van der Waals surface area contributed by atoms with Gasteiger partial charge < -0.3 is 23.7 Å². The van der Waals surface area contributed by atoms with Gasteiger partial charge in [0.15, 0.2) is 0 Å². The summed E-state index contributed by atoms with van der Waals surface area (Å²) in [6.45, 7) is 10.2. The van der Waals surface area contributed by atoms with Crippen molar-refractivity contribution >= 4 is 17.0 Å². The highest BCUT2D eigenvalue weighted by molar-refractivity contribution is 5.81. The maximum atomic E-state index is 12.6. The predicted octanol–water partition coefficient (Wildman–Crippen LogP) is 4.27. The first-order valence-electron chi connectivity index (χ1n) is 13.7. The summed E-state index contributed by atoms with van der Waals surface area (Å²) in [7, 11) is 1.77. The molecule has 38 heavy (non-hydrogen) atoms. The highest BCUT2D eigenvalue weighted by atomic mass is 16.5. The lowest BCUT2D eigenvalue weighted by Crippen LogP contribution is -2.29. The highest BCUT2D eigenvalue weighted by Crippen LogP contribution is 2.29. The molecule has 8 heteroatoms. The maximum absolute atomic E-state index is 12.6. The van der Waals surface area contributed by atoms with E-state index in [2.05, 4.69) is 22.8 Å². The molecular formula is C30H41N3O5. The minimum Gasteiger partial charge on any atom is -0.465 e. The summed E-state index contributed by atoms with van der Waals surface area (Å²) in [4.78, 5) is 29.9. The van der Waals surface area contributed by atoms with Gasteiger partial charge >= 0.3 is 5.97 Å². The summed E-state index contributed by atoms with van der Waals surface area (Å²) in [6.07, 6.45) is 4.22. The summed E-state index contributed by atoms with van der Waals surface area (Å²) < 4.78 is 14.9. The van der Waals surface area contributed by atoms with Gasteiger partial charge in [0, 0.05) is 44.1 Å². The molecule has 1 aliphatic heterocycles. The van der Waals surface area contributed by atoms with E-state index >= 15 is 0 Å². The topological polar surface area (TPSA) is 95.6 Å². The molecule has 0 unspecified atom stereocenters. The van der Waals surface area contributed by atoms with Crippen molar-refractivity contribution in [3.63, 3.8) is 0 Å². The number of aliphatic hydroxyl groups is 1. The molecule has 1 aliphatic rings. The number of aryl methyl sites for hydroxylation is 3. The lowest BCUT2D eigenvalue weighted by molar-refractivity contribution is -0.153. The molecular weight excluding hydrogens is 482 g/mol. The number of carbonyl (C=O) groups is 1. The van der Waals surface area contributed by atoms with Crippen LogP contribution < -0.4 is 5.56 Å². The summed E-state index contributed by atoms with van der Waals surface area (Å²) in [6, 6.07) is 8.18. The van der Waals surface area contributed by atoms with E-state index in [-0.39, 0.29) is 17.4 Å². The third-order valence-electron chi connectivity index (χ3n) is 7.40. The first-order chi connectivity index (χ1) is 18.1. The van der Waals surface area contributed by atoms with Crippen molar-refractivity contribution in [2.24, 2.45) is 24.8 Å². The van der Waals surface area contributed by atoms with E-state index in [0.29, 0.717) is 30.9 Å². The molecule has 1 N–H and O–H groups in total. The zero-order chi connectivity index (χ0) is 27.4. The Bertz CT molecular complexity index is 1290. The van der Waals surface area contributed by atoms with Crippen LogP contribution in [0.2, 0.25) is 0 Å². The zero-order valence-electron chi connectivity index (χ0n) is 23.3. The SMILES string of the molecule is Cc1cc(-c2nc3cc(CC[C@H](C(=O)OCC(C)C)[C@@H](C)O)ccc3n2CC2CCOCC2)cn(C)c1=O. The number of pyridine rings is 1. The number of fused-ring (bicyclic) bond motifs is 1. The Morgan fingerprint density at radius 2 is 1.95 bits per heavy atom. The normalized spacial score (nSPS) is 16.2. The fourth-order valence-corrected chi connectivity index (χ4v) is 5.16. The van der Waals surface area contributed by atoms with Crippen molar-refractivity contribution in [1.82, 2.24) is 14.1 Å². The molecule has 3 aromatic rings. The summed E-state index contributed by atoms with van der Waals surface area (Å²) in [5.41, 5.74) is 4.57. The molecule has 206 valence electrons. The Labute approximate surface area is 224 Å². The van der Waals surface area contributed by atoms with Crippen LogP contribution in [-0.4, -0.2) is 51.1 Å². The molecule has 1 saturated heterocycles. The van der Waals surface area contributed by atoms with Gasteiger partial charge in [0.1, 0.15) is 5.82 Å². The average Bonchev–Trinajstić information content (AvgIpc) is 3.23. The molecule has 0 radical (unpaired) electrons. The maximum Gasteiger partial charge on any atom is 0.311 e. The number of nitrogens with zero attached hydrogens (tertiary/aromatic N) is 3. The van der Waals surface area contributed by atoms with Crippen molar-refractivity contribution < 1.29 is 19.4 Å². The van der Waals surface area contributed by atoms with E-state index in [4.69, 9.17) is 14.5 Å². The lowest BCUT2D eigenvalue weighted by atomic mass is 9.95. The van der Waals surface area contributed by atoms with Gasteiger partial charge in [-0.1, -0.05) is 19.9 Å². The standard InChI is InChI=1S/C30H41N3O5/c1-19(2)18-38-30(36)25(21(4)34)8-6-22-7-9-27-26(15-22)31-28(24-14-20(3)29(35)32(5)17-24)33(27)16-23-10-12-37-13-11-23/h7,9,14-15,17,19,21,23,25,34H,6,8,10-13,16,18H2,1-5H3/t21-,25+/m1/s1. The van der Waals surface area contributed by atoms with Crippen LogP contribution in [0.1, 0.15) is 51.2 Å².